The Labute approximate surface area is 171 Å². The lowest BCUT2D eigenvalue weighted by atomic mass is 10.1. The number of carbonyl (C=O) groups excluding carboxylic acids is 2. The molecule has 1 fully saturated rings. The van der Waals surface area contributed by atoms with E-state index in [2.05, 4.69) is 15.6 Å². The minimum atomic E-state index is -0.254. The summed E-state index contributed by atoms with van der Waals surface area (Å²) in [4.78, 5) is 30.1. The van der Waals surface area contributed by atoms with Crippen LogP contribution in [0.3, 0.4) is 0 Å². The molecule has 1 saturated heterocycles. The maximum absolute atomic E-state index is 12.2. The predicted octanol–water partition coefficient (Wildman–Crippen LogP) is 2.99. The number of hydrogen-bond donors (Lipinski definition) is 2. The quantitative estimate of drug-likeness (QED) is 0.683. The Kier molecular flexibility index (Phi) is 7.44. The van der Waals surface area contributed by atoms with E-state index < -0.39 is 0 Å². The number of rotatable bonds is 9. The molecule has 3 amide bonds. The van der Waals surface area contributed by atoms with Crippen molar-refractivity contribution in [3.05, 3.63) is 59.3 Å². The van der Waals surface area contributed by atoms with E-state index in [-0.39, 0.29) is 11.9 Å². The summed E-state index contributed by atoms with van der Waals surface area (Å²) < 4.78 is 5.61. The molecule has 0 saturated carbocycles. The molecule has 7 heteroatoms. The van der Waals surface area contributed by atoms with E-state index in [4.69, 9.17) is 4.74 Å². The maximum Gasteiger partial charge on any atom is 0.315 e. The first kappa shape index (κ1) is 20.6. The van der Waals surface area contributed by atoms with Crippen molar-refractivity contribution >= 4 is 11.9 Å². The Morgan fingerprint density at radius 3 is 2.79 bits per heavy atom. The van der Waals surface area contributed by atoms with E-state index in [0.29, 0.717) is 38.5 Å². The van der Waals surface area contributed by atoms with Crippen molar-refractivity contribution in [2.75, 3.05) is 13.2 Å². The van der Waals surface area contributed by atoms with E-state index in [0.717, 1.165) is 36.1 Å². The summed E-state index contributed by atoms with van der Waals surface area (Å²) in [5.74, 6) is 0.768. The van der Waals surface area contributed by atoms with Gasteiger partial charge in [-0.1, -0.05) is 37.3 Å². The zero-order chi connectivity index (χ0) is 20.5. The molecule has 1 aliphatic rings. The zero-order valence-electron chi connectivity index (χ0n) is 16.8. The maximum atomic E-state index is 12.2. The van der Waals surface area contributed by atoms with Crippen molar-refractivity contribution in [2.24, 2.45) is 0 Å². The van der Waals surface area contributed by atoms with Gasteiger partial charge in [0.2, 0.25) is 11.8 Å². The van der Waals surface area contributed by atoms with Gasteiger partial charge in [-0.3, -0.25) is 4.79 Å². The molecule has 0 aliphatic carbocycles. The fourth-order valence-corrected chi connectivity index (χ4v) is 3.24. The van der Waals surface area contributed by atoms with Crippen molar-refractivity contribution in [1.82, 2.24) is 20.5 Å². The number of likely N-dealkylation sites (tertiary alicyclic amines) is 1. The second-order valence-electron chi connectivity index (χ2n) is 7.09. The third kappa shape index (κ3) is 6.20. The van der Waals surface area contributed by atoms with Gasteiger partial charge in [0.25, 0.3) is 0 Å². The second-order valence-corrected chi connectivity index (χ2v) is 7.09. The third-order valence-corrected chi connectivity index (χ3v) is 4.72. The molecular formula is C22H28N4O3. The van der Waals surface area contributed by atoms with Crippen LogP contribution in [0.1, 0.15) is 42.9 Å². The van der Waals surface area contributed by atoms with Gasteiger partial charge in [0.05, 0.1) is 6.61 Å². The highest BCUT2D eigenvalue weighted by Crippen LogP contribution is 2.16. The summed E-state index contributed by atoms with van der Waals surface area (Å²) in [6.07, 6.45) is 4.15. The van der Waals surface area contributed by atoms with Crippen molar-refractivity contribution in [1.29, 1.82) is 0 Å². The number of ether oxygens (including phenoxy) is 1. The molecule has 2 N–H and O–H groups in total. The summed E-state index contributed by atoms with van der Waals surface area (Å²) in [7, 11) is 0. The summed E-state index contributed by atoms with van der Waals surface area (Å²) in [6.45, 7) is 4.83. The average Bonchev–Trinajstić information content (AvgIpc) is 3.14. The van der Waals surface area contributed by atoms with Crippen LogP contribution in [0.4, 0.5) is 4.79 Å². The molecule has 1 aromatic heterocycles. The molecule has 29 heavy (non-hydrogen) atoms. The highest BCUT2D eigenvalue weighted by Gasteiger charge is 2.19. The number of nitrogens with one attached hydrogen (secondary N) is 2. The van der Waals surface area contributed by atoms with Gasteiger partial charge in [-0.25, -0.2) is 9.78 Å². The van der Waals surface area contributed by atoms with Crippen LogP contribution in [0.25, 0.3) is 0 Å². The average molecular weight is 396 g/mol. The number of nitrogens with zero attached hydrogens (tertiary/aromatic N) is 2. The molecule has 1 aliphatic heterocycles. The molecular weight excluding hydrogens is 368 g/mol. The lowest BCUT2D eigenvalue weighted by molar-refractivity contribution is -0.128. The van der Waals surface area contributed by atoms with Crippen LogP contribution in [0.2, 0.25) is 0 Å². The second kappa shape index (κ2) is 10.5. The predicted molar refractivity (Wildman–Crippen MR) is 110 cm³/mol. The molecule has 154 valence electrons. The first-order valence-electron chi connectivity index (χ1n) is 10.1. The van der Waals surface area contributed by atoms with Gasteiger partial charge in [-0.2, -0.15) is 0 Å². The van der Waals surface area contributed by atoms with Gasteiger partial charge < -0.3 is 20.3 Å². The first-order chi connectivity index (χ1) is 14.2. The Morgan fingerprint density at radius 1 is 1.17 bits per heavy atom. The Hall–Kier alpha value is -3.09. The van der Waals surface area contributed by atoms with Crippen molar-refractivity contribution in [2.45, 2.75) is 45.8 Å². The largest absolute Gasteiger partial charge is 0.477 e. The monoisotopic (exact) mass is 396 g/mol. The molecule has 0 radical (unpaired) electrons. The fraction of sp³-hybridized carbons (Fsp3) is 0.409. The number of amides is 3. The lowest BCUT2D eigenvalue weighted by Gasteiger charge is -2.16. The van der Waals surface area contributed by atoms with Gasteiger partial charge in [-0.05, 0) is 30.0 Å². The molecule has 0 atom stereocenters. The van der Waals surface area contributed by atoms with Crippen LogP contribution in [0.5, 0.6) is 5.88 Å². The van der Waals surface area contributed by atoms with Crippen LogP contribution in [-0.2, 0) is 24.4 Å². The van der Waals surface area contributed by atoms with E-state index >= 15 is 0 Å². The SMILES string of the molecule is CCCOc1ncccc1CNC(=O)NCc1cccc(CN2CCCC2=O)c1. The Morgan fingerprint density at radius 2 is 2.00 bits per heavy atom. The molecule has 0 unspecified atom stereocenters. The number of pyridine rings is 1. The van der Waals surface area contributed by atoms with Crippen molar-refractivity contribution in [3.8, 4) is 5.88 Å². The van der Waals surface area contributed by atoms with Crippen LogP contribution < -0.4 is 15.4 Å². The zero-order valence-corrected chi connectivity index (χ0v) is 16.8. The minimum absolute atomic E-state index is 0.214. The van der Waals surface area contributed by atoms with Gasteiger partial charge in [0.1, 0.15) is 0 Å². The van der Waals surface area contributed by atoms with Gasteiger partial charge in [0.15, 0.2) is 0 Å². The lowest BCUT2D eigenvalue weighted by Crippen LogP contribution is -2.34. The van der Waals surface area contributed by atoms with Crippen molar-refractivity contribution in [3.63, 3.8) is 0 Å². The number of aromatic nitrogens is 1. The molecule has 3 rings (SSSR count). The molecule has 2 aromatic rings. The molecule has 2 heterocycles. The van der Waals surface area contributed by atoms with Crippen LogP contribution in [0, 0.1) is 0 Å². The number of carbonyl (C=O) groups is 2. The third-order valence-electron chi connectivity index (χ3n) is 4.72. The van der Waals surface area contributed by atoms with Crippen molar-refractivity contribution < 1.29 is 14.3 Å². The summed E-state index contributed by atoms with van der Waals surface area (Å²) >= 11 is 0. The van der Waals surface area contributed by atoms with Crippen LogP contribution >= 0.6 is 0 Å². The highest BCUT2D eigenvalue weighted by atomic mass is 16.5. The van der Waals surface area contributed by atoms with Gasteiger partial charge >= 0.3 is 6.03 Å². The Balaban J connectivity index is 1.47. The normalized spacial score (nSPS) is 13.4. The molecule has 7 nitrogen and oxygen atoms in total. The summed E-state index contributed by atoms with van der Waals surface area (Å²) in [5, 5.41) is 5.71. The van der Waals surface area contributed by atoms with E-state index in [9.17, 15) is 9.59 Å². The first-order valence-corrected chi connectivity index (χ1v) is 10.1. The summed E-state index contributed by atoms with van der Waals surface area (Å²) in [5.41, 5.74) is 2.92. The highest BCUT2D eigenvalue weighted by molar-refractivity contribution is 5.78. The Bertz CT molecular complexity index is 840. The van der Waals surface area contributed by atoms with E-state index in [1.165, 1.54) is 0 Å². The topological polar surface area (TPSA) is 83.6 Å². The minimum Gasteiger partial charge on any atom is -0.477 e. The fourth-order valence-electron chi connectivity index (χ4n) is 3.24. The number of benzene rings is 1. The molecule has 0 bridgehead atoms. The van der Waals surface area contributed by atoms with Crippen LogP contribution in [-0.4, -0.2) is 35.0 Å². The summed E-state index contributed by atoms with van der Waals surface area (Å²) in [6, 6.07) is 11.4. The standard InChI is InChI=1S/C22H28N4O3/c1-2-12-29-21-19(8-4-10-23-21)15-25-22(28)24-14-17-6-3-7-18(13-17)16-26-11-5-9-20(26)27/h3-4,6-8,10,13H,2,5,9,11-12,14-16H2,1H3,(H2,24,25,28). The van der Waals surface area contributed by atoms with Gasteiger partial charge in [-0.15, -0.1) is 0 Å². The number of hydrogen-bond acceptors (Lipinski definition) is 4. The van der Waals surface area contributed by atoms with Crippen LogP contribution in [0.15, 0.2) is 42.6 Å². The number of urea groups is 1. The van der Waals surface area contributed by atoms with E-state index in [1.807, 2.05) is 48.2 Å². The molecule has 1 aromatic carbocycles. The van der Waals surface area contributed by atoms with Gasteiger partial charge in [0, 0.05) is 44.4 Å². The smallest absolute Gasteiger partial charge is 0.315 e. The molecule has 0 spiro atoms. The van der Waals surface area contributed by atoms with E-state index in [1.54, 1.807) is 6.20 Å².